The van der Waals surface area contributed by atoms with Gasteiger partial charge in [0.2, 0.25) is 0 Å². The minimum atomic E-state index is -0.162. The highest BCUT2D eigenvalue weighted by Crippen LogP contribution is 2.28. The number of allylic oxidation sites excluding steroid dienone is 1. The smallest absolute Gasteiger partial charge is 0.262 e. The lowest BCUT2D eigenvalue weighted by Crippen LogP contribution is -2.17. The number of benzene rings is 3. The lowest BCUT2D eigenvalue weighted by molar-refractivity contribution is 0.354. The van der Waals surface area contributed by atoms with Crippen molar-refractivity contribution in [2.24, 2.45) is 17.3 Å². The maximum Gasteiger partial charge on any atom is 0.262 e. The number of nitrogens with zero attached hydrogens (tertiary/aromatic N) is 4. The van der Waals surface area contributed by atoms with Gasteiger partial charge in [-0.1, -0.05) is 54.6 Å². The molecular weight excluding hydrogens is 416 g/mol. The van der Waals surface area contributed by atoms with Crippen LogP contribution in [-0.2, 0) is 13.5 Å². The topological polar surface area (TPSA) is 78.1 Å². The molecule has 1 aromatic heterocycles. The summed E-state index contributed by atoms with van der Waals surface area (Å²) in [6, 6.07) is 22.8. The van der Waals surface area contributed by atoms with E-state index in [4.69, 9.17) is 9.47 Å². The summed E-state index contributed by atoms with van der Waals surface area (Å²) in [5.41, 5.74) is 3.04. The van der Waals surface area contributed by atoms with Gasteiger partial charge in [0, 0.05) is 12.6 Å². The van der Waals surface area contributed by atoms with Crippen LogP contribution >= 0.6 is 0 Å². The normalized spacial score (nSPS) is 11.8. The molecular formula is C26H24N4O3. The lowest BCUT2D eigenvalue weighted by Gasteiger charge is -2.09. The molecule has 1 heterocycles. The zero-order valence-corrected chi connectivity index (χ0v) is 18.7. The van der Waals surface area contributed by atoms with E-state index in [0.717, 1.165) is 11.1 Å². The van der Waals surface area contributed by atoms with Crippen LogP contribution in [0, 0.1) is 0 Å². The molecule has 33 heavy (non-hydrogen) atoms. The SMILES string of the molecule is COc1ccc(C/C=C(\N=Nc2nc3ccccc3c(=O)n2C)c2ccccc2)cc1OC. The van der Waals surface area contributed by atoms with Crippen molar-refractivity contribution < 1.29 is 9.47 Å². The number of rotatable bonds is 7. The van der Waals surface area contributed by atoms with Gasteiger partial charge in [-0.2, -0.15) is 0 Å². The van der Waals surface area contributed by atoms with Gasteiger partial charge in [-0.15, -0.1) is 10.2 Å². The monoisotopic (exact) mass is 440 g/mol. The van der Waals surface area contributed by atoms with Gasteiger partial charge in [-0.25, -0.2) is 4.98 Å². The van der Waals surface area contributed by atoms with E-state index >= 15 is 0 Å². The zero-order valence-electron chi connectivity index (χ0n) is 18.7. The van der Waals surface area contributed by atoms with Gasteiger partial charge < -0.3 is 9.47 Å². The largest absolute Gasteiger partial charge is 0.493 e. The quantitative estimate of drug-likeness (QED) is 0.365. The fourth-order valence-electron chi connectivity index (χ4n) is 3.44. The van der Waals surface area contributed by atoms with Gasteiger partial charge in [0.15, 0.2) is 11.5 Å². The predicted molar refractivity (Wildman–Crippen MR) is 129 cm³/mol. The molecule has 0 aliphatic carbocycles. The molecule has 7 nitrogen and oxygen atoms in total. The summed E-state index contributed by atoms with van der Waals surface area (Å²) in [6.45, 7) is 0. The van der Waals surface area contributed by atoms with Gasteiger partial charge in [-0.3, -0.25) is 9.36 Å². The zero-order chi connectivity index (χ0) is 23.2. The Morgan fingerprint density at radius 2 is 1.70 bits per heavy atom. The van der Waals surface area contributed by atoms with Crippen LogP contribution in [0.4, 0.5) is 5.95 Å². The number of hydrogen-bond acceptors (Lipinski definition) is 6. The Morgan fingerprint density at radius 1 is 0.970 bits per heavy atom. The first-order valence-corrected chi connectivity index (χ1v) is 10.4. The highest BCUT2D eigenvalue weighted by molar-refractivity contribution is 5.78. The Morgan fingerprint density at radius 3 is 2.45 bits per heavy atom. The Bertz CT molecular complexity index is 1390. The van der Waals surface area contributed by atoms with Crippen LogP contribution in [0.1, 0.15) is 11.1 Å². The predicted octanol–water partition coefficient (Wildman–Crippen LogP) is 5.32. The van der Waals surface area contributed by atoms with Crippen LogP contribution < -0.4 is 15.0 Å². The average molecular weight is 441 g/mol. The number of ether oxygens (including phenoxy) is 2. The van der Waals surface area contributed by atoms with Gasteiger partial charge in [-0.05, 0) is 36.2 Å². The molecule has 0 unspecified atom stereocenters. The maximum atomic E-state index is 12.7. The Balaban J connectivity index is 1.71. The minimum Gasteiger partial charge on any atom is -0.493 e. The molecule has 0 aliphatic heterocycles. The molecule has 0 atom stereocenters. The highest BCUT2D eigenvalue weighted by atomic mass is 16.5. The van der Waals surface area contributed by atoms with Crippen LogP contribution in [-0.4, -0.2) is 23.8 Å². The van der Waals surface area contributed by atoms with E-state index in [9.17, 15) is 4.79 Å². The first-order chi connectivity index (χ1) is 16.1. The van der Waals surface area contributed by atoms with Crippen LogP contribution in [0.2, 0.25) is 0 Å². The Hall–Kier alpha value is -4.26. The average Bonchev–Trinajstić information content (AvgIpc) is 2.87. The van der Waals surface area contributed by atoms with Crippen molar-refractivity contribution in [1.82, 2.24) is 9.55 Å². The molecule has 0 spiro atoms. The molecule has 0 N–H and O–H groups in total. The molecule has 166 valence electrons. The minimum absolute atomic E-state index is 0.162. The second kappa shape index (κ2) is 9.91. The van der Waals surface area contributed by atoms with Gasteiger partial charge >= 0.3 is 0 Å². The van der Waals surface area contributed by atoms with E-state index in [1.54, 1.807) is 33.4 Å². The fraction of sp³-hybridized carbons (Fsp3) is 0.154. The molecule has 4 aromatic rings. The Labute approximate surface area is 191 Å². The fourth-order valence-corrected chi connectivity index (χ4v) is 3.44. The van der Waals surface area contributed by atoms with Crippen molar-refractivity contribution in [3.05, 3.63) is 100 Å². The number of aromatic nitrogens is 2. The molecule has 0 amide bonds. The third-order valence-electron chi connectivity index (χ3n) is 5.26. The number of hydrogen-bond donors (Lipinski definition) is 0. The van der Waals surface area contributed by atoms with E-state index in [1.807, 2.05) is 66.7 Å². The molecule has 0 fully saturated rings. The van der Waals surface area contributed by atoms with Crippen molar-refractivity contribution in [2.45, 2.75) is 6.42 Å². The summed E-state index contributed by atoms with van der Waals surface area (Å²) < 4.78 is 12.1. The molecule has 7 heteroatoms. The van der Waals surface area contributed by atoms with Gasteiger partial charge in [0.05, 0.1) is 30.8 Å². The summed E-state index contributed by atoms with van der Waals surface area (Å²) in [4.78, 5) is 17.2. The molecule has 0 bridgehead atoms. The first kappa shape index (κ1) is 22.0. The number of para-hydroxylation sites is 1. The first-order valence-electron chi connectivity index (χ1n) is 10.4. The molecule has 0 saturated carbocycles. The summed E-state index contributed by atoms with van der Waals surface area (Å²) in [7, 11) is 4.87. The van der Waals surface area contributed by atoms with Crippen LogP contribution in [0.15, 0.2) is 93.9 Å². The van der Waals surface area contributed by atoms with E-state index < -0.39 is 0 Å². The summed E-state index contributed by atoms with van der Waals surface area (Å²) in [6.07, 6.45) is 2.59. The van der Waals surface area contributed by atoms with Crippen molar-refractivity contribution >= 4 is 22.5 Å². The highest BCUT2D eigenvalue weighted by Gasteiger charge is 2.09. The number of azo groups is 1. The van der Waals surface area contributed by atoms with Crippen LogP contribution in [0.3, 0.4) is 0 Å². The Kier molecular flexibility index (Phi) is 6.59. The van der Waals surface area contributed by atoms with Gasteiger partial charge in [0.1, 0.15) is 0 Å². The van der Waals surface area contributed by atoms with Gasteiger partial charge in [0.25, 0.3) is 11.5 Å². The van der Waals surface area contributed by atoms with Crippen LogP contribution in [0.5, 0.6) is 11.5 Å². The molecule has 0 saturated heterocycles. The molecule has 0 aliphatic rings. The second-order valence-electron chi connectivity index (χ2n) is 7.34. The molecule has 0 radical (unpaired) electrons. The van der Waals surface area contributed by atoms with Crippen molar-refractivity contribution in [3.63, 3.8) is 0 Å². The summed E-state index contributed by atoms with van der Waals surface area (Å²) in [5, 5.41) is 9.35. The van der Waals surface area contributed by atoms with E-state index in [0.29, 0.717) is 34.5 Å². The molecule has 4 rings (SSSR count). The maximum absolute atomic E-state index is 12.7. The van der Waals surface area contributed by atoms with E-state index in [2.05, 4.69) is 15.2 Å². The van der Waals surface area contributed by atoms with Crippen molar-refractivity contribution in [2.75, 3.05) is 14.2 Å². The van der Waals surface area contributed by atoms with Crippen molar-refractivity contribution in [3.8, 4) is 11.5 Å². The van der Waals surface area contributed by atoms with E-state index in [-0.39, 0.29) is 11.5 Å². The standard InChI is InChI=1S/C26H24N4O3/c1-30-25(31)20-11-7-8-12-22(20)27-26(30)29-28-21(19-9-5-4-6-10-19)15-13-18-14-16-23(32-2)24(17-18)33-3/h4-12,14-17H,13H2,1-3H3/b21-15-,29-28?. The number of methoxy groups -OCH3 is 2. The third kappa shape index (κ3) is 4.82. The lowest BCUT2D eigenvalue weighted by atomic mass is 10.1. The molecule has 3 aromatic carbocycles. The van der Waals surface area contributed by atoms with Crippen molar-refractivity contribution in [1.29, 1.82) is 0 Å². The summed E-state index contributed by atoms with van der Waals surface area (Å²) in [5.74, 6) is 1.59. The van der Waals surface area contributed by atoms with Crippen LogP contribution in [0.25, 0.3) is 16.6 Å². The summed E-state index contributed by atoms with van der Waals surface area (Å²) >= 11 is 0. The third-order valence-corrected chi connectivity index (χ3v) is 5.26. The number of fused-ring (bicyclic) bond motifs is 1. The second-order valence-corrected chi connectivity index (χ2v) is 7.34. The van der Waals surface area contributed by atoms with E-state index in [1.165, 1.54) is 4.57 Å².